The molecule has 1 heterocycles. The first-order valence-electron chi connectivity index (χ1n) is 8.42. The number of carbonyl (C=O) groups is 2. The highest BCUT2D eigenvalue weighted by molar-refractivity contribution is 5.99. The van der Waals surface area contributed by atoms with Crippen LogP contribution in [0.4, 0.5) is 0 Å². The molecule has 2 atom stereocenters. The zero-order valence-corrected chi connectivity index (χ0v) is 14.5. The fourth-order valence-corrected chi connectivity index (χ4v) is 2.96. The van der Waals surface area contributed by atoms with Gasteiger partial charge in [0.2, 0.25) is 11.8 Å². The van der Waals surface area contributed by atoms with E-state index in [4.69, 9.17) is 0 Å². The van der Waals surface area contributed by atoms with Gasteiger partial charge < -0.3 is 10.2 Å². The van der Waals surface area contributed by atoms with Crippen molar-refractivity contribution in [3.05, 3.63) is 0 Å². The summed E-state index contributed by atoms with van der Waals surface area (Å²) in [5, 5.41) is 2.96. The first kappa shape index (κ1) is 18.0. The molecule has 1 saturated heterocycles. The third kappa shape index (κ3) is 3.98. The molecule has 122 valence electrons. The van der Waals surface area contributed by atoms with Gasteiger partial charge >= 0.3 is 0 Å². The Balaban J connectivity index is 3.05. The van der Waals surface area contributed by atoms with Crippen molar-refractivity contribution >= 4 is 11.8 Å². The van der Waals surface area contributed by atoms with Crippen LogP contribution in [0.5, 0.6) is 0 Å². The molecule has 1 aliphatic heterocycles. The van der Waals surface area contributed by atoms with E-state index in [0.717, 1.165) is 19.3 Å². The fraction of sp³-hybridized carbons (Fsp3) is 0.882. The highest BCUT2D eigenvalue weighted by atomic mass is 16.2. The van der Waals surface area contributed by atoms with Crippen molar-refractivity contribution in [2.45, 2.75) is 78.8 Å². The third-order valence-electron chi connectivity index (χ3n) is 4.82. The number of piperazine rings is 1. The fourth-order valence-electron chi connectivity index (χ4n) is 2.96. The van der Waals surface area contributed by atoms with Gasteiger partial charge in [0.1, 0.15) is 11.6 Å². The van der Waals surface area contributed by atoms with Crippen LogP contribution in [0.3, 0.4) is 0 Å². The maximum absolute atomic E-state index is 12.9. The summed E-state index contributed by atoms with van der Waals surface area (Å²) in [6.07, 6.45) is 3.45. The molecule has 21 heavy (non-hydrogen) atoms. The van der Waals surface area contributed by atoms with E-state index >= 15 is 0 Å². The summed E-state index contributed by atoms with van der Waals surface area (Å²) in [6.45, 7) is 13.0. The minimum atomic E-state index is -0.739. The zero-order valence-electron chi connectivity index (χ0n) is 14.5. The van der Waals surface area contributed by atoms with Gasteiger partial charge in [-0.25, -0.2) is 0 Å². The summed E-state index contributed by atoms with van der Waals surface area (Å²) in [6, 6.07) is -0.308. The number of hydrogen-bond donors (Lipinski definition) is 1. The van der Waals surface area contributed by atoms with Gasteiger partial charge in [0.25, 0.3) is 0 Å². The maximum Gasteiger partial charge on any atom is 0.248 e. The van der Waals surface area contributed by atoms with Crippen LogP contribution in [-0.2, 0) is 9.59 Å². The first-order chi connectivity index (χ1) is 9.78. The maximum atomic E-state index is 12.9. The van der Waals surface area contributed by atoms with Crippen molar-refractivity contribution in [2.75, 3.05) is 6.54 Å². The molecule has 0 bridgehead atoms. The molecule has 0 aromatic carbocycles. The Morgan fingerprint density at radius 2 is 1.76 bits per heavy atom. The molecule has 4 heteroatoms. The van der Waals surface area contributed by atoms with E-state index in [-0.39, 0.29) is 17.9 Å². The second-order valence-electron chi connectivity index (χ2n) is 6.96. The Hall–Kier alpha value is -1.06. The molecule has 2 unspecified atom stereocenters. The lowest BCUT2D eigenvalue weighted by molar-refractivity contribution is -0.156. The van der Waals surface area contributed by atoms with Gasteiger partial charge in [0.05, 0.1) is 0 Å². The Kier molecular flexibility index (Phi) is 6.24. The number of amides is 2. The van der Waals surface area contributed by atoms with Gasteiger partial charge in [-0.3, -0.25) is 9.59 Å². The summed E-state index contributed by atoms with van der Waals surface area (Å²) in [7, 11) is 0. The number of nitrogens with one attached hydrogen (secondary N) is 1. The Labute approximate surface area is 129 Å². The standard InChI is InChI=1S/C17H32N2O2/c1-7-13(8-2)11-19-14(10-12(4)5)15(20)18-17(6,9-3)16(19)21/h12-14H,7-11H2,1-6H3,(H,18,20). The quantitative estimate of drug-likeness (QED) is 0.785. The molecule has 4 nitrogen and oxygen atoms in total. The van der Waals surface area contributed by atoms with Gasteiger partial charge in [-0.15, -0.1) is 0 Å². The monoisotopic (exact) mass is 296 g/mol. The zero-order chi connectivity index (χ0) is 16.2. The SMILES string of the molecule is CCC(CC)CN1C(=O)C(C)(CC)NC(=O)C1CC(C)C. The van der Waals surface area contributed by atoms with Crippen LogP contribution in [0.15, 0.2) is 0 Å². The molecular formula is C17H32N2O2. The predicted molar refractivity (Wildman–Crippen MR) is 85.9 cm³/mol. The highest BCUT2D eigenvalue weighted by Crippen LogP contribution is 2.26. The van der Waals surface area contributed by atoms with Gasteiger partial charge in [-0.05, 0) is 31.6 Å². The molecule has 0 spiro atoms. The number of nitrogens with zero attached hydrogens (tertiary/aromatic N) is 1. The van der Waals surface area contributed by atoms with E-state index in [1.807, 2.05) is 18.7 Å². The van der Waals surface area contributed by atoms with Crippen LogP contribution >= 0.6 is 0 Å². The van der Waals surface area contributed by atoms with Gasteiger partial charge in [-0.2, -0.15) is 0 Å². The van der Waals surface area contributed by atoms with Crippen molar-refractivity contribution < 1.29 is 9.59 Å². The van der Waals surface area contributed by atoms with Crippen LogP contribution < -0.4 is 5.32 Å². The molecule has 0 radical (unpaired) electrons. The second-order valence-corrected chi connectivity index (χ2v) is 6.96. The Morgan fingerprint density at radius 1 is 1.19 bits per heavy atom. The number of carbonyl (C=O) groups excluding carboxylic acids is 2. The van der Waals surface area contributed by atoms with Crippen molar-refractivity contribution in [3.8, 4) is 0 Å². The van der Waals surface area contributed by atoms with E-state index in [2.05, 4.69) is 33.0 Å². The molecule has 0 aromatic rings. The summed E-state index contributed by atoms with van der Waals surface area (Å²) in [5.74, 6) is 0.958. The van der Waals surface area contributed by atoms with Crippen molar-refractivity contribution in [1.29, 1.82) is 0 Å². The largest absolute Gasteiger partial charge is 0.340 e. The van der Waals surface area contributed by atoms with E-state index in [0.29, 0.717) is 24.8 Å². The molecule has 1 N–H and O–H groups in total. The van der Waals surface area contributed by atoms with Gasteiger partial charge in [0, 0.05) is 6.54 Å². The lowest BCUT2D eigenvalue weighted by atomic mass is 9.88. The smallest absolute Gasteiger partial charge is 0.248 e. The average molecular weight is 296 g/mol. The molecule has 0 saturated carbocycles. The minimum absolute atomic E-state index is 0.0126. The van der Waals surface area contributed by atoms with Crippen molar-refractivity contribution in [2.24, 2.45) is 11.8 Å². The van der Waals surface area contributed by atoms with Crippen LogP contribution in [0, 0.1) is 11.8 Å². The lowest BCUT2D eigenvalue weighted by Crippen LogP contribution is -2.69. The third-order valence-corrected chi connectivity index (χ3v) is 4.82. The molecule has 0 aliphatic carbocycles. The summed E-state index contributed by atoms with van der Waals surface area (Å²) >= 11 is 0. The van der Waals surface area contributed by atoms with Crippen molar-refractivity contribution in [3.63, 3.8) is 0 Å². The number of hydrogen-bond acceptors (Lipinski definition) is 2. The van der Waals surface area contributed by atoms with Crippen LogP contribution in [0.2, 0.25) is 0 Å². The minimum Gasteiger partial charge on any atom is -0.340 e. The normalized spacial score (nSPS) is 26.7. The average Bonchev–Trinajstić information content (AvgIpc) is 2.44. The van der Waals surface area contributed by atoms with E-state index < -0.39 is 5.54 Å². The predicted octanol–water partition coefficient (Wildman–Crippen LogP) is 2.96. The topological polar surface area (TPSA) is 49.4 Å². The van der Waals surface area contributed by atoms with Crippen LogP contribution in [0.25, 0.3) is 0 Å². The van der Waals surface area contributed by atoms with Gasteiger partial charge in [0.15, 0.2) is 0 Å². The first-order valence-corrected chi connectivity index (χ1v) is 8.42. The van der Waals surface area contributed by atoms with E-state index in [1.54, 1.807) is 0 Å². The summed E-state index contributed by atoms with van der Waals surface area (Å²) in [5.41, 5.74) is -0.739. The van der Waals surface area contributed by atoms with E-state index in [1.165, 1.54) is 0 Å². The molecule has 1 aliphatic rings. The van der Waals surface area contributed by atoms with Crippen LogP contribution in [-0.4, -0.2) is 34.8 Å². The van der Waals surface area contributed by atoms with Gasteiger partial charge in [-0.1, -0.05) is 47.5 Å². The molecule has 2 amide bonds. The van der Waals surface area contributed by atoms with E-state index in [9.17, 15) is 9.59 Å². The summed E-state index contributed by atoms with van der Waals surface area (Å²) in [4.78, 5) is 27.3. The Bertz CT molecular complexity index is 377. The lowest BCUT2D eigenvalue weighted by Gasteiger charge is -2.45. The Morgan fingerprint density at radius 3 is 2.19 bits per heavy atom. The summed E-state index contributed by atoms with van der Waals surface area (Å²) < 4.78 is 0. The molecule has 0 aromatic heterocycles. The van der Waals surface area contributed by atoms with Crippen LogP contribution in [0.1, 0.15) is 67.2 Å². The second kappa shape index (κ2) is 7.28. The molecule has 1 rings (SSSR count). The number of rotatable bonds is 7. The highest BCUT2D eigenvalue weighted by Gasteiger charge is 2.47. The molecule has 1 fully saturated rings. The van der Waals surface area contributed by atoms with Crippen molar-refractivity contribution in [1.82, 2.24) is 10.2 Å². The molecular weight excluding hydrogens is 264 g/mol.